The molecule has 0 aliphatic carbocycles. The van der Waals surface area contributed by atoms with E-state index in [1.54, 1.807) is 18.2 Å². The summed E-state index contributed by atoms with van der Waals surface area (Å²) in [5, 5.41) is 26.3. The maximum atomic E-state index is 13.3. The predicted molar refractivity (Wildman–Crippen MR) is 116 cm³/mol. The van der Waals surface area contributed by atoms with Gasteiger partial charge in [0.05, 0.1) is 25.2 Å². The van der Waals surface area contributed by atoms with Crippen molar-refractivity contribution < 1.29 is 19.0 Å². The predicted octanol–water partition coefficient (Wildman–Crippen LogP) is 2.84. The number of aliphatic hydroxyl groups is 1. The Balaban J connectivity index is 1.89. The molecule has 0 aromatic heterocycles. The first-order valence-electron chi connectivity index (χ1n) is 9.92. The number of carbonyl (C=O) groups is 1. The van der Waals surface area contributed by atoms with E-state index in [0.29, 0.717) is 29.0 Å². The highest BCUT2D eigenvalue weighted by atomic mass is 19.1. The van der Waals surface area contributed by atoms with Crippen LogP contribution in [0.25, 0.3) is 10.8 Å². The Morgan fingerprint density at radius 3 is 2.65 bits per heavy atom. The van der Waals surface area contributed by atoms with Gasteiger partial charge in [0.25, 0.3) is 0 Å². The fraction of sp³-hybridized carbons (Fsp3) is 0.250. The van der Waals surface area contributed by atoms with Crippen LogP contribution in [0.3, 0.4) is 0 Å². The maximum absolute atomic E-state index is 13.3. The largest absolute Gasteiger partial charge is 0.495 e. The van der Waals surface area contributed by atoms with Gasteiger partial charge >= 0.3 is 0 Å². The van der Waals surface area contributed by atoms with E-state index in [2.05, 4.69) is 16.7 Å². The van der Waals surface area contributed by atoms with Crippen LogP contribution < -0.4 is 15.4 Å². The first-order valence-corrected chi connectivity index (χ1v) is 9.92. The number of methoxy groups -OCH3 is 1. The highest BCUT2D eigenvalue weighted by Crippen LogP contribution is 2.32. The van der Waals surface area contributed by atoms with E-state index in [4.69, 9.17) is 9.84 Å². The number of hydrogen-bond acceptors (Lipinski definition) is 5. The summed E-state index contributed by atoms with van der Waals surface area (Å²) in [6.45, 7) is 0.736. The Hall–Kier alpha value is -3.47. The van der Waals surface area contributed by atoms with Gasteiger partial charge in [-0.2, -0.15) is 5.26 Å². The number of nitrogens with zero attached hydrogens (tertiary/aromatic N) is 1. The topological polar surface area (TPSA) is 94.4 Å². The lowest BCUT2D eigenvalue weighted by molar-refractivity contribution is -0.122. The summed E-state index contributed by atoms with van der Waals surface area (Å²) in [7, 11) is 1.50. The third-order valence-corrected chi connectivity index (χ3v) is 5.09. The molecule has 6 nitrogen and oxygen atoms in total. The number of nitriles is 1. The van der Waals surface area contributed by atoms with Crippen LogP contribution in [-0.4, -0.2) is 37.8 Å². The molecule has 0 saturated heterocycles. The van der Waals surface area contributed by atoms with Crippen molar-refractivity contribution in [1.82, 2.24) is 10.6 Å². The fourth-order valence-corrected chi connectivity index (χ4v) is 3.58. The molecule has 0 fully saturated rings. The molecule has 160 valence electrons. The second-order valence-electron chi connectivity index (χ2n) is 7.02. The van der Waals surface area contributed by atoms with Gasteiger partial charge < -0.3 is 20.5 Å². The van der Waals surface area contributed by atoms with Crippen LogP contribution in [0, 0.1) is 17.1 Å². The molecule has 0 spiro atoms. The van der Waals surface area contributed by atoms with E-state index in [1.165, 1.54) is 19.2 Å². The molecule has 1 amide bonds. The lowest BCUT2D eigenvalue weighted by Gasteiger charge is -2.19. The normalized spacial score (nSPS) is 11.7. The van der Waals surface area contributed by atoms with Crippen LogP contribution in [-0.2, 0) is 11.3 Å². The molecular formula is C24H24FN3O3. The Kier molecular flexibility index (Phi) is 7.55. The quantitative estimate of drug-likeness (QED) is 0.462. The smallest absolute Gasteiger partial charge is 0.229 e. The van der Waals surface area contributed by atoms with Gasteiger partial charge in [-0.25, -0.2) is 4.39 Å². The second-order valence-corrected chi connectivity index (χ2v) is 7.02. The van der Waals surface area contributed by atoms with Crippen LogP contribution >= 0.6 is 0 Å². The molecule has 0 aliphatic heterocycles. The lowest BCUT2D eigenvalue weighted by atomic mass is 9.96. The Bertz CT molecular complexity index is 1090. The Morgan fingerprint density at radius 1 is 1.23 bits per heavy atom. The Morgan fingerprint density at radius 2 is 1.97 bits per heavy atom. The zero-order valence-electron chi connectivity index (χ0n) is 17.2. The molecule has 0 radical (unpaired) electrons. The molecule has 0 saturated carbocycles. The van der Waals surface area contributed by atoms with E-state index in [0.717, 1.165) is 10.8 Å². The van der Waals surface area contributed by atoms with Gasteiger partial charge in [-0.3, -0.25) is 4.79 Å². The summed E-state index contributed by atoms with van der Waals surface area (Å²) in [4.78, 5) is 13.1. The molecule has 3 aromatic carbocycles. The second kappa shape index (κ2) is 10.5. The molecular weight excluding hydrogens is 397 g/mol. The zero-order valence-corrected chi connectivity index (χ0v) is 17.2. The third-order valence-electron chi connectivity index (χ3n) is 5.09. The number of carbonyl (C=O) groups excluding carboxylic acids is 1. The van der Waals surface area contributed by atoms with Crippen LogP contribution in [0.1, 0.15) is 22.6 Å². The van der Waals surface area contributed by atoms with E-state index in [9.17, 15) is 14.4 Å². The molecule has 1 atom stereocenters. The molecule has 0 bridgehead atoms. The minimum Gasteiger partial charge on any atom is -0.495 e. The molecule has 3 N–H and O–H groups in total. The molecule has 31 heavy (non-hydrogen) atoms. The number of nitrogens with one attached hydrogen (secondary N) is 2. The number of halogens is 1. The van der Waals surface area contributed by atoms with Gasteiger partial charge in [-0.1, -0.05) is 36.4 Å². The molecule has 1 unspecified atom stereocenters. The lowest BCUT2D eigenvalue weighted by Crippen LogP contribution is -2.36. The van der Waals surface area contributed by atoms with Crippen molar-refractivity contribution in [2.45, 2.75) is 12.5 Å². The number of fused-ring (bicyclic) bond motifs is 1. The van der Waals surface area contributed by atoms with E-state index < -0.39 is 5.92 Å². The van der Waals surface area contributed by atoms with Gasteiger partial charge in [-0.05, 0) is 34.5 Å². The first kappa shape index (κ1) is 22.2. The number of rotatable bonds is 9. The van der Waals surface area contributed by atoms with E-state index in [-0.39, 0.29) is 31.4 Å². The SMILES string of the molecule is COc1c(C#N)cc2ccccc2c1CNC(=O)C(CNCCO)c1ccc(F)cc1. The monoisotopic (exact) mass is 421 g/mol. The highest BCUT2D eigenvalue weighted by Gasteiger charge is 2.22. The average Bonchev–Trinajstić information content (AvgIpc) is 2.80. The van der Waals surface area contributed by atoms with Gasteiger partial charge in [0.15, 0.2) is 0 Å². The van der Waals surface area contributed by atoms with Crippen molar-refractivity contribution in [3.05, 3.63) is 77.1 Å². The van der Waals surface area contributed by atoms with E-state index >= 15 is 0 Å². The molecule has 3 aromatic rings. The highest BCUT2D eigenvalue weighted by molar-refractivity contribution is 5.91. The average molecular weight is 421 g/mol. The van der Waals surface area contributed by atoms with Crippen LogP contribution in [0.5, 0.6) is 5.75 Å². The first-order chi connectivity index (χ1) is 15.1. The van der Waals surface area contributed by atoms with Gasteiger partial charge in [0.1, 0.15) is 17.6 Å². The number of hydrogen-bond donors (Lipinski definition) is 3. The molecule has 0 aliphatic rings. The van der Waals surface area contributed by atoms with Gasteiger partial charge in [0, 0.05) is 25.2 Å². The summed E-state index contributed by atoms with van der Waals surface area (Å²) in [6.07, 6.45) is 0. The van der Waals surface area contributed by atoms with Crippen LogP contribution in [0.15, 0.2) is 54.6 Å². The molecule has 7 heteroatoms. The van der Waals surface area contributed by atoms with Gasteiger partial charge in [-0.15, -0.1) is 0 Å². The number of benzene rings is 3. The van der Waals surface area contributed by atoms with Crippen LogP contribution in [0.2, 0.25) is 0 Å². The summed E-state index contributed by atoms with van der Waals surface area (Å²) < 4.78 is 18.8. The van der Waals surface area contributed by atoms with Crippen molar-refractivity contribution in [2.75, 3.05) is 26.8 Å². The van der Waals surface area contributed by atoms with E-state index in [1.807, 2.05) is 24.3 Å². The third kappa shape index (κ3) is 5.18. The van der Waals surface area contributed by atoms with Gasteiger partial charge in [0.2, 0.25) is 5.91 Å². The summed E-state index contributed by atoms with van der Waals surface area (Å²) in [6, 6.07) is 17.3. The van der Waals surface area contributed by atoms with Crippen LogP contribution in [0.4, 0.5) is 4.39 Å². The fourth-order valence-electron chi connectivity index (χ4n) is 3.58. The summed E-state index contributed by atoms with van der Waals surface area (Å²) in [5.41, 5.74) is 1.77. The minimum absolute atomic E-state index is 0.0537. The van der Waals surface area contributed by atoms with Crippen molar-refractivity contribution in [3.8, 4) is 11.8 Å². The minimum atomic E-state index is -0.580. The zero-order chi connectivity index (χ0) is 22.2. The Labute approximate surface area is 180 Å². The number of ether oxygens (including phenoxy) is 1. The van der Waals surface area contributed by atoms with Crippen molar-refractivity contribution in [1.29, 1.82) is 5.26 Å². The number of amides is 1. The number of aliphatic hydroxyl groups excluding tert-OH is 1. The standard InChI is InChI=1S/C24H24FN3O3/c1-31-23-18(13-26)12-17-4-2-3-5-20(17)22(23)15-28-24(30)21(14-27-10-11-29)16-6-8-19(25)9-7-16/h2-9,12,21,27,29H,10-11,14-15H2,1H3,(H,28,30). The summed E-state index contributed by atoms with van der Waals surface area (Å²) >= 11 is 0. The summed E-state index contributed by atoms with van der Waals surface area (Å²) in [5.74, 6) is -0.789. The maximum Gasteiger partial charge on any atom is 0.229 e. The molecule has 3 rings (SSSR count). The van der Waals surface area contributed by atoms with Crippen molar-refractivity contribution in [3.63, 3.8) is 0 Å². The molecule has 0 heterocycles. The van der Waals surface area contributed by atoms with Crippen molar-refractivity contribution in [2.24, 2.45) is 0 Å². The van der Waals surface area contributed by atoms with Crippen molar-refractivity contribution >= 4 is 16.7 Å².